The van der Waals surface area contributed by atoms with Crippen LogP contribution in [0.25, 0.3) is 10.2 Å². The van der Waals surface area contributed by atoms with E-state index in [-0.39, 0.29) is 16.8 Å². The zero-order valence-corrected chi connectivity index (χ0v) is 15.2. The first kappa shape index (κ1) is 17.7. The van der Waals surface area contributed by atoms with Crippen molar-refractivity contribution in [2.45, 2.75) is 50.9 Å². The molecule has 140 valence electrons. The Morgan fingerprint density at radius 3 is 2.85 bits per heavy atom. The molecule has 8 heteroatoms. The smallest absolute Gasteiger partial charge is 0.347 e. The second kappa shape index (κ2) is 6.49. The fourth-order valence-corrected chi connectivity index (χ4v) is 5.21. The van der Waals surface area contributed by atoms with Crippen LogP contribution in [0, 0.1) is 6.92 Å². The number of carbonyl (C=O) groups is 1. The molecule has 2 saturated heterocycles. The van der Waals surface area contributed by atoms with E-state index in [1.807, 2.05) is 0 Å². The van der Waals surface area contributed by atoms with Gasteiger partial charge in [-0.05, 0) is 50.4 Å². The molecule has 0 aliphatic carbocycles. The molecule has 2 aromatic rings. The van der Waals surface area contributed by atoms with Gasteiger partial charge in [0.2, 0.25) is 0 Å². The van der Waals surface area contributed by atoms with Crippen LogP contribution in [0.3, 0.4) is 0 Å². The van der Waals surface area contributed by atoms with Crippen LogP contribution in [0.2, 0.25) is 0 Å². The molecule has 1 N–H and O–H groups in total. The summed E-state index contributed by atoms with van der Waals surface area (Å²) in [7, 11) is 0. The summed E-state index contributed by atoms with van der Waals surface area (Å²) in [6, 6.07) is 2.88. The van der Waals surface area contributed by atoms with E-state index in [4.69, 9.17) is 0 Å². The van der Waals surface area contributed by atoms with Crippen LogP contribution >= 0.6 is 11.3 Å². The van der Waals surface area contributed by atoms with E-state index in [1.165, 1.54) is 18.9 Å². The molecule has 0 aromatic carbocycles. The number of aromatic nitrogens is 1. The Balaban J connectivity index is 1.58. The van der Waals surface area contributed by atoms with E-state index in [0.29, 0.717) is 21.9 Å². The van der Waals surface area contributed by atoms with Gasteiger partial charge in [0.05, 0.1) is 4.88 Å². The summed E-state index contributed by atoms with van der Waals surface area (Å²) in [5.41, 5.74) is -0.228. The van der Waals surface area contributed by atoms with Crippen LogP contribution in [0.4, 0.5) is 13.2 Å². The fourth-order valence-electron chi connectivity index (χ4n) is 4.12. The minimum Gasteiger partial charge on any atom is -0.347 e. The summed E-state index contributed by atoms with van der Waals surface area (Å²) in [5, 5.41) is 3.73. The summed E-state index contributed by atoms with van der Waals surface area (Å²) in [4.78, 5) is 19.6. The van der Waals surface area contributed by atoms with Crippen molar-refractivity contribution < 1.29 is 18.0 Å². The fraction of sp³-hybridized carbons (Fsp3) is 0.556. The van der Waals surface area contributed by atoms with Crippen molar-refractivity contribution in [1.82, 2.24) is 15.2 Å². The number of rotatable bonds is 2. The highest BCUT2D eigenvalue weighted by molar-refractivity contribution is 7.20. The topological polar surface area (TPSA) is 45.2 Å². The van der Waals surface area contributed by atoms with Gasteiger partial charge < -0.3 is 5.32 Å². The maximum atomic E-state index is 12.9. The lowest BCUT2D eigenvalue weighted by Crippen LogP contribution is -2.46. The van der Waals surface area contributed by atoms with Crippen LogP contribution in [0.15, 0.2) is 12.1 Å². The van der Waals surface area contributed by atoms with Crippen molar-refractivity contribution in [3.05, 3.63) is 28.3 Å². The molecular weight excluding hydrogens is 363 g/mol. The molecule has 4 nitrogen and oxygen atoms in total. The Labute approximate surface area is 153 Å². The Bertz CT molecular complexity index is 848. The third-order valence-corrected chi connectivity index (χ3v) is 6.67. The maximum Gasteiger partial charge on any atom is 0.433 e. The third kappa shape index (κ3) is 3.09. The molecule has 2 atom stereocenters. The summed E-state index contributed by atoms with van der Waals surface area (Å²) in [6.45, 7) is 3.85. The Morgan fingerprint density at radius 2 is 2.08 bits per heavy atom. The number of pyridine rings is 1. The molecule has 0 radical (unpaired) electrons. The normalized spacial score (nSPS) is 24.0. The van der Waals surface area contributed by atoms with E-state index >= 15 is 0 Å². The number of fused-ring (bicyclic) bond motifs is 2. The van der Waals surface area contributed by atoms with Crippen molar-refractivity contribution in [2.24, 2.45) is 0 Å². The van der Waals surface area contributed by atoms with Gasteiger partial charge in [0.15, 0.2) is 0 Å². The zero-order chi connectivity index (χ0) is 18.5. The minimum absolute atomic E-state index is 0.117. The quantitative estimate of drug-likeness (QED) is 0.853. The predicted octanol–water partition coefficient (Wildman–Crippen LogP) is 3.98. The molecule has 0 saturated carbocycles. The summed E-state index contributed by atoms with van der Waals surface area (Å²) < 4.78 is 38.6. The number of alkyl halides is 3. The van der Waals surface area contributed by atoms with Crippen LogP contribution < -0.4 is 5.32 Å². The van der Waals surface area contributed by atoms with Crippen LogP contribution in [-0.4, -0.2) is 41.0 Å². The first-order valence-corrected chi connectivity index (χ1v) is 9.68. The number of hydrogen-bond donors (Lipinski definition) is 1. The van der Waals surface area contributed by atoms with Gasteiger partial charge in [-0.1, -0.05) is 6.42 Å². The van der Waals surface area contributed by atoms with Gasteiger partial charge in [-0.3, -0.25) is 9.69 Å². The lowest BCUT2D eigenvalue weighted by atomic mass is 9.99. The SMILES string of the molecule is Cc1c(C(=O)N[C@@H]2CCN3CCCC[C@@H]23)sc2nc(C(F)(F)F)ccc12. The molecule has 2 fully saturated rings. The number of nitrogens with zero attached hydrogens (tertiary/aromatic N) is 2. The molecule has 0 bridgehead atoms. The molecule has 4 rings (SSSR count). The average Bonchev–Trinajstić information content (AvgIpc) is 3.16. The highest BCUT2D eigenvalue weighted by Crippen LogP contribution is 2.34. The number of aryl methyl sites for hydroxylation is 1. The summed E-state index contributed by atoms with van der Waals surface area (Å²) in [5.74, 6) is -0.198. The lowest BCUT2D eigenvalue weighted by Gasteiger charge is -2.32. The van der Waals surface area contributed by atoms with Crippen LogP contribution in [-0.2, 0) is 6.18 Å². The van der Waals surface area contributed by atoms with E-state index in [1.54, 1.807) is 6.92 Å². The van der Waals surface area contributed by atoms with Crippen molar-refractivity contribution in [1.29, 1.82) is 0 Å². The number of thiophene rings is 1. The van der Waals surface area contributed by atoms with Crippen LogP contribution in [0.5, 0.6) is 0 Å². The van der Waals surface area contributed by atoms with E-state index in [9.17, 15) is 18.0 Å². The maximum absolute atomic E-state index is 12.9. The third-order valence-electron chi connectivity index (χ3n) is 5.47. The van der Waals surface area contributed by atoms with Gasteiger partial charge >= 0.3 is 6.18 Å². The van der Waals surface area contributed by atoms with Gasteiger partial charge in [0, 0.05) is 24.0 Å². The first-order chi connectivity index (χ1) is 12.3. The van der Waals surface area contributed by atoms with Crippen molar-refractivity contribution in [2.75, 3.05) is 13.1 Å². The number of carbonyl (C=O) groups excluding carboxylic acids is 1. The predicted molar refractivity (Wildman–Crippen MR) is 94.4 cm³/mol. The number of nitrogens with one attached hydrogen (secondary N) is 1. The van der Waals surface area contributed by atoms with E-state index in [2.05, 4.69) is 15.2 Å². The van der Waals surface area contributed by atoms with Crippen molar-refractivity contribution in [3.8, 4) is 0 Å². The van der Waals surface area contributed by atoms with Gasteiger partial charge in [-0.2, -0.15) is 13.2 Å². The number of amides is 1. The van der Waals surface area contributed by atoms with Gasteiger partial charge in [-0.25, -0.2) is 4.98 Å². The second-order valence-corrected chi connectivity index (χ2v) is 8.07. The first-order valence-electron chi connectivity index (χ1n) is 8.87. The Kier molecular flexibility index (Phi) is 4.43. The van der Waals surface area contributed by atoms with Gasteiger partial charge in [0.25, 0.3) is 5.91 Å². The van der Waals surface area contributed by atoms with Crippen molar-refractivity contribution >= 4 is 27.5 Å². The van der Waals surface area contributed by atoms with Crippen molar-refractivity contribution in [3.63, 3.8) is 0 Å². The Morgan fingerprint density at radius 1 is 1.27 bits per heavy atom. The summed E-state index contributed by atoms with van der Waals surface area (Å²) >= 11 is 1.04. The molecule has 4 heterocycles. The molecule has 1 amide bonds. The molecule has 2 aliphatic heterocycles. The summed E-state index contributed by atoms with van der Waals surface area (Å²) in [6.07, 6.45) is -0.0775. The second-order valence-electron chi connectivity index (χ2n) is 7.07. The number of hydrogen-bond acceptors (Lipinski definition) is 4. The molecule has 2 aromatic heterocycles. The lowest BCUT2D eigenvalue weighted by molar-refractivity contribution is -0.140. The monoisotopic (exact) mass is 383 g/mol. The molecular formula is C18H20F3N3OS. The minimum atomic E-state index is -4.48. The molecule has 26 heavy (non-hydrogen) atoms. The molecule has 0 spiro atoms. The zero-order valence-electron chi connectivity index (χ0n) is 14.4. The van der Waals surface area contributed by atoms with Gasteiger partial charge in [0.1, 0.15) is 10.5 Å². The largest absolute Gasteiger partial charge is 0.433 e. The Hall–Kier alpha value is -1.67. The molecule has 2 aliphatic rings. The van der Waals surface area contributed by atoms with Gasteiger partial charge in [-0.15, -0.1) is 11.3 Å². The highest BCUT2D eigenvalue weighted by atomic mass is 32.1. The van der Waals surface area contributed by atoms with Crippen LogP contribution in [0.1, 0.15) is 46.6 Å². The number of piperidine rings is 1. The number of halogens is 3. The average molecular weight is 383 g/mol. The van der Waals surface area contributed by atoms with E-state index in [0.717, 1.165) is 43.3 Å². The standard InChI is InChI=1S/C18H20F3N3OS/c1-10-11-5-6-14(18(19,20)21)23-17(11)26-15(10)16(25)22-12-7-9-24-8-3-2-4-13(12)24/h5-6,12-13H,2-4,7-9H2,1H3,(H,22,25)/t12-,13+/m1/s1. The van der Waals surface area contributed by atoms with E-state index < -0.39 is 11.9 Å². The highest BCUT2D eigenvalue weighted by Gasteiger charge is 2.37. The molecule has 0 unspecified atom stereocenters.